The topological polar surface area (TPSA) is 61.5 Å². The molecule has 1 unspecified atom stereocenters. The summed E-state index contributed by atoms with van der Waals surface area (Å²) in [5.74, 6) is -0.182. The molecule has 0 fully saturated rings. The first kappa shape index (κ1) is 15.4. The maximum absolute atomic E-state index is 12.0. The van der Waals surface area contributed by atoms with Gasteiger partial charge in [-0.3, -0.25) is 4.79 Å². The summed E-state index contributed by atoms with van der Waals surface area (Å²) in [6.07, 6.45) is 1.35. The molecule has 1 aromatic rings. The van der Waals surface area contributed by atoms with Crippen molar-refractivity contribution in [3.8, 4) is 5.75 Å². The van der Waals surface area contributed by atoms with E-state index < -0.39 is 6.61 Å². The molecule has 0 aromatic heterocycles. The van der Waals surface area contributed by atoms with Gasteiger partial charge in [0.2, 0.25) is 0 Å². The predicted molar refractivity (Wildman–Crippen MR) is 66.0 cm³/mol. The Morgan fingerprint density at radius 3 is 2.47 bits per heavy atom. The molecule has 19 heavy (non-hydrogen) atoms. The smallest absolute Gasteiger partial charge is 0.387 e. The highest BCUT2D eigenvalue weighted by Gasteiger charge is 2.09. The van der Waals surface area contributed by atoms with Gasteiger partial charge in [0.1, 0.15) is 5.75 Å². The van der Waals surface area contributed by atoms with Gasteiger partial charge in [-0.15, -0.1) is 0 Å². The van der Waals surface area contributed by atoms with Crippen LogP contribution in [0.15, 0.2) is 24.3 Å². The third-order valence-corrected chi connectivity index (χ3v) is 2.59. The fourth-order valence-electron chi connectivity index (χ4n) is 1.62. The van der Waals surface area contributed by atoms with Gasteiger partial charge >= 0.3 is 12.6 Å². The third-order valence-electron chi connectivity index (χ3n) is 2.59. The molecule has 2 N–H and O–H groups in total. The van der Waals surface area contributed by atoms with Gasteiger partial charge in [-0.2, -0.15) is 8.78 Å². The van der Waals surface area contributed by atoms with Crippen LogP contribution in [0.4, 0.5) is 8.78 Å². The van der Waals surface area contributed by atoms with Gasteiger partial charge in [0, 0.05) is 12.5 Å². The zero-order valence-electron chi connectivity index (χ0n) is 10.6. The number of benzene rings is 1. The van der Waals surface area contributed by atoms with Gasteiger partial charge in [-0.05, 0) is 30.5 Å². The van der Waals surface area contributed by atoms with Crippen molar-refractivity contribution >= 4 is 5.97 Å². The Kier molecular flexibility index (Phi) is 6.21. The van der Waals surface area contributed by atoms with Crippen LogP contribution in [0.3, 0.4) is 0 Å². The summed E-state index contributed by atoms with van der Waals surface area (Å²) < 4.78 is 32.7. The summed E-state index contributed by atoms with van der Waals surface area (Å²) >= 11 is 0. The van der Waals surface area contributed by atoms with Crippen LogP contribution < -0.4 is 10.5 Å². The van der Waals surface area contributed by atoms with Gasteiger partial charge < -0.3 is 15.2 Å². The molecule has 0 aliphatic carbocycles. The zero-order chi connectivity index (χ0) is 14.3. The minimum absolute atomic E-state index is 0.113. The van der Waals surface area contributed by atoms with E-state index in [0.717, 1.165) is 5.56 Å². The maximum atomic E-state index is 12.0. The molecule has 1 aromatic carbocycles. The third kappa shape index (κ3) is 6.15. The Labute approximate surface area is 110 Å². The lowest BCUT2D eigenvalue weighted by Gasteiger charge is -2.11. The number of methoxy groups -OCH3 is 1. The lowest BCUT2D eigenvalue weighted by molar-refractivity contribution is -0.140. The molecule has 106 valence electrons. The molecule has 0 heterocycles. The minimum Gasteiger partial charge on any atom is -0.469 e. The second-order valence-electron chi connectivity index (χ2n) is 4.10. The largest absolute Gasteiger partial charge is 0.469 e. The standard InChI is InChI=1S/C13H17F2NO3/c1-18-12(17)7-4-10(16)8-9-2-5-11(6-3-9)19-13(14)15/h2-3,5-6,10,13H,4,7-8,16H2,1H3. The van der Waals surface area contributed by atoms with Crippen LogP contribution in [0, 0.1) is 0 Å². The van der Waals surface area contributed by atoms with Gasteiger partial charge in [0.05, 0.1) is 7.11 Å². The minimum atomic E-state index is -2.83. The van der Waals surface area contributed by atoms with Crippen LogP contribution in [-0.4, -0.2) is 25.7 Å². The van der Waals surface area contributed by atoms with Crippen LogP contribution in [0.1, 0.15) is 18.4 Å². The molecule has 0 saturated heterocycles. The van der Waals surface area contributed by atoms with E-state index in [-0.39, 0.29) is 24.2 Å². The van der Waals surface area contributed by atoms with Crippen molar-refractivity contribution in [2.45, 2.75) is 31.9 Å². The van der Waals surface area contributed by atoms with E-state index in [1.165, 1.54) is 19.2 Å². The van der Waals surface area contributed by atoms with E-state index in [2.05, 4.69) is 9.47 Å². The molecule has 0 bridgehead atoms. The lowest BCUT2D eigenvalue weighted by Crippen LogP contribution is -2.24. The molecular formula is C13H17F2NO3. The number of hydrogen-bond acceptors (Lipinski definition) is 4. The highest BCUT2D eigenvalue weighted by molar-refractivity contribution is 5.69. The monoisotopic (exact) mass is 273 g/mol. The van der Waals surface area contributed by atoms with Gasteiger partial charge in [0.15, 0.2) is 0 Å². The molecule has 0 spiro atoms. The molecule has 1 rings (SSSR count). The molecule has 6 heteroatoms. The second kappa shape index (κ2) is 7.68. The Morgan fingerprint density at radius 1 is 1.32 bits per heavy atom. The summed E-state index contributed by atoms with van der Waals surface area (Å²) in [7, 11) is 1.33. The second-order valence-corrected chi connectivity index (χ2v) is 4.10. The van der Waals surface area contributed by atoms with Crippen molar-refractivity contribution in [2.24, 2.45) is 5.73 Å². The van der Waals surface area contributed by atoms with Crippen molar-refractivity contribution in [3.63, 3.8) is 0 Å². The summed E-state index contributed by atoms with van der Waals surface area (Å²) in [5, 5.41) is 0. The Morgan fingerprint density at radius 2 is 1.95 bits per heavy atom. The van der Waals surface area contributed by atoms with Gasteiger partial charge in [-0.25, -0.2) is 0 Å². The summed E-state index contributed by atoms with van der Waals surface area (Å²) in [6.45, 7) is -2.83. The average Bonchev–Trinajstić information content (AvgIpc) is 2.37. The van der Waals surface area contributed by atoms with E-state index in [1.807, 2.05) is 0 Å². The SMILES string of the molecule is COC(=O)CCC(N)Cc1ccc(OC(F)F)cc1. The normalized spacial score (nSPS) is 12.3. The molecule has 1 atom stereocenters. The summed E-state index contributed by atoms with van der Waals surface area (Å²) in [4.78, 5) is 11.0. The van der Waals surface area contributed by atoms with Crippen LogP contribution in [-0.2, 0) is 16.0 Å². The maximum Gasteiger partial charge on any atom is 0.387 e. The first-order valence-electron chi connectivity index (χ1n) is 5.87. The molecule has 4 nitrogen and oxygen atoms in total. The van der Waals surface area contributed by atoms with Crippen molar-refractivity contribution in [1.29, 1.82) is 0 Å². The van der Waals surface area contributed by atoms with Gasteiger partial charge in [0.25, 0.3) is 0 Å². The number of nitrogens with two attached hydrogens (primary N) is 1. The quantitative estimate of drug-likeness (QED) is 0.773. The molecule has 0 aliphatic heterocycles. The Hall–Kier alpha value is -1.69. The van der Waals surface area contributed by atoms with Crippen LogP contribution >= 0.6 is 0 Å². The first-order valence-corrected chi connectivity index (χ1v) is 5.87. The lowest BCUT2D eigenvalue weighted by atomic mass is 10.0. The molecule has 0 saturated carbocycles. The van der Waals surface area contributed by atoms with E-state index >= 15 is 0 Å². The van der Waals surface area contributed by atoms with Crippen LogP contribution in [0.2, 0.25) is 0 Å². The molecule has 0 aliphatic rings. The fourth-order valence-corrected chi connectivity index (χ4v) is 1.62. The Balaban J connectivity index is 2.42. The number of carbonyl (C=O) groups is 1. The first-order chi connectivity index (χ1) is 9.01. The number of halogens is 2. The van der Waals surface area contributed by atoms with Crippen LogP contribution in [0.25, 0.3) is 0 Å². The molecule has 0 amide bonds. The number of hydrogen-bond donors (Lipinski definition) is 1. The molecular weight excluding hydrogens is 256 g/mol. The average molecular weight is 273 g/mol. The van der Waals surface area contributed by atoms with E-state index in [9.17, 15) is 13.6 Å². The molecule has 0 radical (unpaired) electrons. The van der Waals surface area contributed by atoms with Crippen LogP contribution in [0.5, 0.6) is 5.75 Å². The Bertz CT molecular complexity index is 395. The van der Waals surface area contributed by atoms with Crippen molar-refractivity contribution in [2.75, 3.05) is 7.11 Å². The van der Waals surface area contributed by atoms with Crippen molar-refractivity contribution in [1.82, 2.24) is 0 Å². The number of carbonyl (C=O) groups excluding carboxylic acids is 1. The number of esters is 1. The summed E-state index contributed by atoms with van der Waals surface area (Å²) in [6, 6.07) is 6.11. The van der Waals surface area contributed by atoms with E-state index in [1.54, 1.807) is 12.1 Å². The number of ether oxygens (including phenoxy) is 2. The van der Waals surface area contributed by atoms with Crippen molar-refractivity contribution < 1.29 is 23.0 Å². The van der Waals surface area contributed by atoms with E-state index in [4.69, 9.17) is 5.73 Å². The fraction of sp³-hybridized carbons (Fsp3) is 0.462. The van der Waals surface area contributed by atoms with Crippen molar-refractivity contribution in [3.05, 3.63) is 29.8 Å². The zero-order valence-corrected chi connectivity index (χ0v) is 10.6. The number of rotatable bonds is 7. The highest BCUT2D eigenvalue weighted by atomic mass is 19.3. The van der Waals surface area contributed by atoms with Gasteiger partial charge in [-0.1, -0.05) is 12.1 Å². The predicted octanol–water partition coefficient (Wildman–Crippen LogP) is 2.11. The summed E-state index contributed by atoms with van der Waals surface area (Å²) in [5.41, 5.74) is 6.77. The highest BCUT2D eigenvalue weighted by Crippen LogP contribution is 2.16. The van der Waals surface area contributed by atoms with E-state index in [0.29, 0.717) is 12.8 Å². The number of alkyl halides is 2.